The van der Waals surface area contributed by atoms with Crippen molar-refractivity contribution in [1.82, 2.24) is 9.78 Å². The molecule has 0 aliphatic heterocycles. The van der Waals surface area contributed by atoms with Gasteiger partial charge in [0.15, 0.2) is 5.82 Å². The van der Waals surface area contributed by atoms with Gasteiger partial charge in [-0.2, -0.15) is 5.10 Å². The molecule has 0 atom stereocenters. The number of amides is 1. The highest BCUT2D eigenvalue weighted by atomic mass is 35.5. The second-order valence-corrected chi connectivity index (χ2v) is 6.47. The van der Waals surface area contributed by atoms with Crippen molar-refractivity contribution >= 4 is 34.9 Å². The van der Waals surface area contributed by atoms with E-state index in [0.717, 1.165) is 5.56 Å². The lowest BCUT2D eigenvalue weighted by Crippen LogP contribution is -2.13. The maximum atomic E-state index is 12.5. The van der Waals surface area contributed by atoms with E-state index < -0.39 is 0 Å². The van der Waals surface area contributed by atoms with E-state index in [1.54, 1.807) is 53.3 Å². The average molecular weight is 406 g/mol. The van der Waals surface area contributed by atoms with Gasteiger partial charge >= 0.3 is 0 Å². The zero-order chi connectivity index (χ0) is 19.4. The molecule has 3 rings (SSSR count). The molecule has 2 aromatic carbocycles. The molecular weight excluding hydrogens is 389 g/mol. The van der Waals surface area contributed by atoms with Crippen LogP contribution in [0.2, 0.25) is 10.0 Å². The Morgan fingerprint density at radius 3 is 2.30 bits per heavy atom. The molecule has 0 aliphatic carbocycles. The summed E-state index contributed by atoms with van der Waals surface area (Å²) in [5.41, 5.74) is 1.16. The van der Waals surface area contributed by atoms with Crippen LogP contribution < -0.4 is 14.8 Å². The third-order valence-corrected chi connectivity index (χ3v) is 4.59. The fraction of sp³-hybridized carbons (Fsp3) is 0.158. The first-order valence-corrected chi connectivity index (χ1v) is 8.76. The minimum absolute atomic E-state index is 0.326. The molecule has 0 radical (unpaired) electrons. The highest BCUT2D eigenvalue weighted by Crippen LogP contribution is 2.25. The fourth-order valence-corrected chi connectivity index (χ4v) is 3.01. The van der Waals surface area contributed by atoms with Crippen molar-refractivity contribution in [2.75, 3.05) is 19.5 Å². The summed E-state index contributed by atoms with van der Waals surface area (Å²) in [4.78, 5) is 12.5. The summed E-state index contributed by atoms with van der Waals surface area (Å²) in [6, 6.07) is 12.0. The predicted molar refractivity (Wildman–Crippen MR) is 105 cm³/mol. The first-order chi connectivity index (χ1) is 13.0. The largest absolute Gasteiger partial charge is 0.497 e. The number of carbonyl (C=O) groups excluding carboxylic acids is 1. The van der Waals surface area contributed by atoms with Crippen LogP contribution >= 0.6 is 23.2 Å². The molecule has 140 valence electrons. The summed E-state index contributed by atoms with van der Waals surface area (Å²) < 4.78 is 12.0. The Morgan fingerprint density at radius 2 is 1.70 bits per heavy atom. The molecule has 1 aromatic heterocycles. The van der Waals surface area contributed by atoms with Crippen molar-refractivity contribution in [2.45, 2.75) is 6.54 Å². The van der Waals surface area contributed by atoms with Gasteiger partial charge in [0, 0.05) is 39.5 Å². The molecule has 0 spiro atoms. The van der Waals surface area contributed by atoms with Gasteiger partial charge in [0.05, 0.1) is 20.8 Å². The first kappa shape index (κ1) is 19.1. The second-order valence-electron chi connectivity index (χ2n) is 5.65. The van der Waals surface area contributed by atoms with E-state index in [2.05, 4.69) is 10.4 Å². The lowest BCUT2D eigenvalue weighted by molar-refractivity contribution is 0.102. The molecule has 0 saturated heterocycles. The Hall–Kier alpha value is -2.70. The van der Waals surface area contributed by atoms with Crippen LogP contribution in [0.4, 0.5) is 5.82 Å². The average Bonchev–Trinajstić information content (AvgIpc) is 3.11. The SMILES string of the molecule is COc1cc(OC)cc(C(=O)Nc2ccn(Cc3c(Cl)cccc3Cl)n2)c1. The van der Waals surface area contributed by atoms with E-state index in [9.17, 15) is 4.79 Å². The lowest BCUT2D eigenvalue weighted by Gasteiger charge is -2.08. The van der Waals surface area contributed by atoms with Gasteiger partial charge in [0.25, 0.3) is 5.91 Å². The molecule has 27 heavy (non-hydrogen) atoms. The molecule has 0 saturated carbocycles. The Labute approximate surface area is 166 Å². The Kier molecular flexibility index (Phi) is 5.88. The summed E-state index contributed by atoms with van der Waals surface area (Å²) in [7, 11) is 3.05. The number of nitrogens with one attached hydrogen (secondary N) is 1. The molecule has 1 N–H and O–H groups in total. The van der Waals surface area contributed by atoms with Crippen LogP contribution in [-0.2, 0) is 6.54 Å². The van der Waals surface area contributed by atoms with E-state index in [0.29, 0.717) is 39.5 Å². The number of rotatable bonds is 6. The number of anilines is 1. The van der Waals surface area contributed by atoms with Crippen molar-refractivity contribution in [3.8, 4) is 11.5 Å². The fourth-order valence-electron chi connectivity index (χ4n) is 2.49. The molecule has 0 aliphatic rings. The maximum absolute atomic E-state index is 12.5. The summed E-state index contributed by atoms with van der Waals surface area (Å²) in [6.45, 7) is 0.390. The summed E-state index contributed by atoms with van der Waals surface area (Å²) in [5.74, 6) is 1.13. The van der Waals surface area contributed by atoms with E-state index >= 15 is 0 Å². The van der Waals surface area contributed by atoms with E-state index in [4.69, 9.17) is 32.7 Å². The number of nitrogens with zero attached hydrogens (tertiary/aromatic N) is 2. The number of ether oxygens (including phenoxy) is 2. The van der Waals surface area contributed by atoms with E-state index in [1.165, 1.54) is 14.2 Å². The van der Waals surface area contributed by atoms with Gasteiger partial charge in [0.1, 0.15) is 11.5 Å². The molecule has 0 unspecified atom stereocenters. The normalized spacial score (nSPS) is 10.5. The van der Waals surface area contributed by atoms with Gasteiger partial charge in [-0.3, -0.25) is 9.48 Å². The van der Waals surface area contributed by atoms with Gasteiger partial charge in [0.2, 0.25) is 0 Å². The molecule has 1 amide bonds. The Balaban J connectivity index is 1.75. The van der Waals surface area contributed by atoms with Crippen LogP contribution in [0.15, 0.2) is 48.7 Å². The van der Waals surface area contributed by atoms with Crippen LogP contribution in [0.5, 0.6) is 11.5 Å². The van der Waals surface area contributed by atoms with Gasteiger partial charge in [-0.15, -0.1) is 0 Å². The highest BCUT2D eigenvalue weighted by Gasteiger charge is 2.12. The monoisotopic (exact) mass is 405 g/mol. The molecule has 8 heteroatoms. The number of carbonyl (C=O) groups is 1. The number of hydrogen-bond acceptors (Lipinski definition) is 4. The zero-order valence-electron chi connectivity index (χ0n) is 14.7. The zero-order valence-corrected chi connectivity index (χ0v) is 16.2. The number of hydrogen-bond donors (Lipinski definition) is 1. The van der Waals surface area contributed by atoms with Crippen molar-refractivity contribution in [2.24, 2.45) is 0 Å². The highest BCUT2D eigenvalue weighted by molar-refractivity contribution is 6.35. The number of methoxy groups -OCH3 is 2. The van der Waals surface area contributed by atoms with Gasteiger partial charge in [-0.1, -0.05) is 29.3 Å². The summed E-state index contributed by atoms with van der Waals surface area (Å²) >= 11 is 12.4. The Morgan fingerprint density at radius 1 is 1.07 bits per heavy atom. The third-order valence-electron chi connectivity index (χ3n) is 3.88. The number of halogens is 2. The molecule has 0 bridgehead atoms. The van der Waals surface area contributed by atoms with E-state index in [-0.39, 0.29) is 5.91 Å². The minimum atomic E-state index is -0.326. The first-order valence-electron chi connectivity index (χ1n) is 8.01. The molecule has 6 nitrogen and oxygen atoms in total. The van der Waals surface area contributed by atoms with Crippen molar-refractivity contribution in [3.63, 3.8) is 0 Å². The van der Waals surface area contributed by atoms with Crippen molar-refractivity contribution in [3.05, 3.63) is 69.8 Å². The topological polar surface area (TPSA) is 65.4 Å². The van der Waals surface area contributed by atoms with E-state index in [1.807, 2.05) is 0 Å². The predicted octanol–water partition coefficient (Wildman–Crippen LogP) is 4.51. The summed E-state index contributed by atoms with van der Waals surface area (Å²) in [5, 5.41) is 8.22. The number of benzene rings is 2. The Bertz CT molecular complexity index is 930. The maximum Gasteiger partial charge on any atom is 0.257 e. The molecule has 3 aromatic rings. The van der Waals surface area contributed by atoms with Crippen molar-refractivity contribution in [1.29, 1.82) is 0 Å². The van der Waals surface area contributed by atoms with Gasteiger partial charge < -0.3 is 14.8 Å². The van der Waals surface area contributed by atoms with Crippen LogP contribution in [0.25, 0.3) is 0 Å². The second kappa shape index (κ2) is 8.33. The van der Waals surface area contributed by atoms with Crippen molar-refractivity contribution < 1.29 is 14.3 Å². The van der Waals surface area contributed by atoms with Crippen LogP contribution in [-0.4, -0.2) is 29.9 Å². The minimum Gasteiger partial charge on any atom is -0.497 e. The molecule has 1 heterocycles. The standard InChI is InChI=1S/C19H17Cl2N3O3/c1-26-13-8-12(9-14(10-13)27-2)19(25)22-18-6-7-24(23-18)11-15-16(20)4-3-5-17(15)21/h3-10H,11H2,1-2H3,(H,22,23,25). The molecular formula is C19H17Cl2N3O3. The van der Waals surface area contributed by atoms with Crippen LogP contribution in [0.1, 0.15) is 15.9 Å². The number of aromatic nitrogens is 2. The summed E-state index contributed by atoms with van der Waals surface area (Å²) in [6.07, 6.45) is 1.74. The smallest absolute Gasteiger partial charge is 0.257 e. The van der Waals surface area contributed by atoms with Crippen LogP contribution in [0.3, 0.4) is 0 Å². The lowest BCUT2D eigenvalue weighted by atomic mass is 10.2. The quantitative estimate of drug-likeness (QED) is 0.655. The van der Waals surface area contributed by atoms with Crippen LogP contribution in [0, 0.1) is 0 Å². The third kappa shape index (κ3) is 4.53. The van der Waals surface area contributed by atoms with Gasteiger partial charge in [-0.05, 0) is 24.3 Å². The molecule has 0 fully saturated rings. The van der Waals surface area contributed by atoms with Gasteiger partial charge in [-0.25, -0.2) is 0 Å².